The molecule has 0 radical (unpaired) electrons. The maximum atomic E-state index is 11.9. The molecule has 0 saturated heterocycles. The lowest BCUT2D eigenvalue weighted by Gasteiger charge is -2.09. The van der Waals surface area contributed by atoms with Crippen LogP contribution in [0.1, 0.15) is 26.7 Å². The number of nitrogens with one attached hydrogen (secondary N) is 1. The maximum Gasteiger partial charge on any atom is 0.319 e. The van der Waals surface area contributed by atoms with E-state index in [-0.39, 0.29) is 11.2 Å². The number of hydrogen-bond donors (Lipinski definition) is 1. The molecule has 2 heterocycles. The summed E-state index contributed by atoms with van der Waals surface area (Å²) >= 11 is 1.26. The van der Waals surface area contributed by atoms with E-state index in [1.807, 2.05) is 24.3 Å². The maximum absolute atomic E-state index is 11.9. The Morgan fingerprint density at radius 2 is 2.17 bits per heavy atom. The van der Waals surface area contributed by atoms with Crippen LogP contribution >= 0.6 is 11.8 Å². The number of carbonyl (C=O) groups excluding carboxylic acids is 1. The summed E-state index contributed by atoms with van der Waals surface area (Å²) in [5.74, 6) is -0.246. The molecule has 0 fully saturated rings. The molecule has 2 aromatic heterocycles. The second kappa shape index (κ2) is 6.95. The molecule has 0 aliphatic carbocycles. The molecule has 1 atom stereocenters. The number of hydrogen-bond acceptors (Lipinski definition) is 6. The number of nitrogens with zero attached hydrogens (tertiary/aromatic N) is 3. The largest absolute Gasteiger partial charge is 0.465 e. The molecular formula is C16H18N4O2S. The van der Waals surface area contributed by atoms with E-state index in [9.17, 15) is 4.79 Å². The lowest BCUT2D eigenvalue weighted by Crippen LogP contribution is -2.18. The number of benzene rings is 1. The summed E-state index contributed by atoms with van der Waals surface area (Å²) < 4.78 is 5.21. The highest BCUT2D eigenvalue weighted by Gasteiger charge is 2.18. The zero-order valence-electron chi connectivity index (χ0n) is 13.1. The van der Waals surface area contributed by atoms with Crippen molar-refractivity contribution in [3.8, 4) is 0 Å². The van der Waals surface area contributed by atoms with E-state index in [4.69, 9.17) is 4.74 Å². The van der Waals surface area contributed by atoms with Crippen molar-refractivity contribution in [2.45, 2.75) is 37.1 Å². The quantitative estimate of drug-likeness (QED) is 0.424. The average Bonchev–Trinajstić information content (AvgIpc) is 2.92. The monoisotopic (exact) mass is 330 g/mol. The first-order valence-electron chi connectivity index (χ1n) is 7.63. The Hall–Kier alpha value is -2.15. The SMILES string of the molecule is CCCCOC(=O)C(C)Sc1nnc2c(n1)[nH]c1ccccc12. The number of H-pyrrole nitrogens is 1. The van der Waals surface area contributed by atoms with Gasteiger partial charge in [0.05, 0.1) is 6.61 Å². The zero-order chi connectivity index (χ0) is 16.2. The first-order chi connectivity index (χ1) is 11.2. The third-order valence-corrected chi connectivity index (χ3v) is 4.39. The van der Waals surface area contributed by atoms with E-state index >= 15 is 0 Å². The number of rotatable bonds is 6. The third kappa shape index (κ3) is 3.44. The summed E-state index contributed by atoms with van der Waals surface area (Å²) in [4.78, 5) is 19.6. The molecule has 120 valence electrons. The molecule has 0 aliphatic rings. The van der Waals surface area contributed by atoms with Crippen LogP contribution in [0.25, 0.3) is 22.1 Å². The van der Waals surface area contributed by atoms with Crippen LogP contribution in [0.2, 0.25) is 0 Å². The number of aromatic amines is 1. The van der Waals surface area contributed by atoms with E-state index < -0.39 is 0 Å². The summed E-state index contributed by atoms with van der Waals surface area (Å²) in [5.41, 5.74) is 2.39. The van der Waals surface area contributed by atoms with Crippen LogP contribution in [0.15, 0.2) is 29.4 Å². The molecule has 6 nitrogen and oxygen atoms in total. The minimum absolute atomic E-state index is 0.246. The highest BCUT2D eigenvalue weighted by Crippen LogP contribution is 2.25. The van der Waals surface area contributed by atoms with E-state index in [2.05, 4.69) is 27.1 Å². The minimum atomic E-state index is -0.365. The number of fused-ring (bicyclic) bond motifs is 3. The predicted molar refractivity (Wildman–Crippen MR) is 90.4 cm³/mol. The molecule has 1 N–H and O–H groups in total. The van der Waals surface area contributed by atoms with Crippen LogP contribution in [0, 0.1) is 0 Å². The average molecular weight is 330 g/mol. The molecule has 1 aromatic carbocycles. The summed E-state index contributed by atoms with van der Waals surface area (Å²) in [7, 11) is 0. The minimum Gasteiger partial charge on any atom is -0.465 e. The van der Waals surface area contributed by atoms with E-state index in [0.717, 1.165) is 29.3 Å². The molecule has 1 unspecified atom stereocenters. The molecule has 0 amide bonds. The number of thioether (sulfide) groups is 1. The van der Waals surface area contributed by atoms with Crippen molar-refractivity contribution in [1.29, 1.82) is 0 Å². The summed E-state index contributed by atoms with van der Waals surface area (Å²) in [6.07, 6.45) is 1.88. The number of esters is 1. The second-order valence-electron chi connectivity index (χ2n) is 5.24. The van der Waals surface area contributed by atoms with Crippen molar-refractivity contribution in [1.82, 2.24) is 20.2 Å². The molecule has 23 heavy (non-hydrogen) atoms. The second-order valence-corrected chi connectivity index (χ2v) is 6.55. The number of ether oxygens (including phenoxy) is 1. The Bertz CT molecular complexity index is 833. The number of para-hydroxylation sites is 1. The Kier molecular flexibility index (Phi) is 4.76. The fourth-order valence-electron chi connectivity index (χ4n) is 2.20. The van der Waals surface area contributed by atoms with Crippen molar-refractivity contribution in [2.24, 2.45) is 0 Å². The molecule has 0 spiro atoms. The third-order valence-electron chi connectivity index (χ3n) is 3.46. The summed E-state index contributed by atoms with van der Waals surface area (Å²) in [5, 5.41) is 9.45. The van der Waals surface area contributed by atoms with E-state index in [1.54, 1.807) is 6.92 Å². The van der Waals surface area contributed by atoms with Crippen molar-refractivity contribution >= 4 is 39.8 Å². The van der Waals surface area contributed by atoms with Gasteiger partial charge in [-0.25, -0.2) is 4.98 Å². The summed E-state index contributed by atoms with van der Waals surface area (Å²) in [6, 6.07) is 7.85. The van der Waals surface area contributed by atoms with Crippen molar-refractivity contribution in [2.75, 3.05) is 6.61 Å². The normalized spacial score (nSPS) is 12.6. The van der Waals surface area contributed by atoms with Crippen LogP contribution < -0.4 is 0 Å². The standard InChI is InChI=1S/C16H18N4O2S/c1-3-4-9-22-15(21)10(2)23-16-18-14-13(19-20-16)11-7-5-6-8-12(11)17-14/h5-8,10H,3-4,9H2,1-2H3,(H,17,18,20). The molecule has 0 aliphatic heterocycles. The van der Waals surface area contributed by atoms with Gasteiger partial charge in [0.25, 0.3) is 0 Å². The van der Waals surface area contributed by atoms with Gasteiger partial charge in [-0.3, -0.25) is 4.79 Å². The zero-order valence-corrected chi connectivity index (χ0v) is 13.9. The Labute approximate surface area is 138 Å². The molecular weight excluding hydrogens is 312 g/mol. The van der Waals surface area contributed by atoms with Gasteiger partial charge in [0, 0.05) is 10.9 Å². The highest BCUT2D eigenvalue weighted by molar-refractivity contribution is 8.00. The first-order valence-corrected chi connectivity index (χ1v) is 8.51. The van der Waals surface area contributed by atoms with Gasteiger partial charge in [0.1, 0.15) is 10.8 Å². The van der Waals surface area contributed by atoms with Gasteiger partial charge in [-0.2, -0.15) is 0 Å². The van der Waals surface area contributed by atoms with Crippen LogP contribution in [0.3, 0.4) is 0 Å². The topological polar surface area (TPSA) is 80.8 Å². The number of aromatic nitrogens is 4. The van der Waals surface area contributed by atoms with Gasteiger partial charge < -0.3 is 9.72 Å². The molecule has 0 bridgehead atoms. The van der Waals surface area contributed by atoms with Gasteiger partial charge in [0.2, 0.25) is 5.16 Å². The molecule has 7 heteroatoms. The van der Waals surface area contributed by atoms with Gasteiger partial charge in [0.15, 0.2) is 5.65 Å². The Balaban J connectivity index is 1.75. The fourth-order valence-corrected chi connectivity index (χ4v) is 2.91. The van der Waals surface area contributed by atoms with E-state index in [1.165, 1.54) is 11.8 Å². The van der Waals surface area contributed by atoms with Crippen LogP contribution in [0.5, 0.6) is 0 Å². The summed E-state index contributed by atoms with van der Waals surface area (Å²) in [6.45, 7) is 4.30. The lowest BCUT2D eigenvalue weighted by molar-refractivity contribution is -0.142. The van der Waals surface area contributed by atoms with Gasteiger partial charge >= 0.3 is 5.97 Å². The van der Waals surface area contributed by atoms with Crippen LogP contribution in [-0.4, -0.2) is 38.0 Å². The van der Waals surface area contributed by atoms with Gasteiger partial charge in [-0.05, 0) is 19.4 Å². The smallest absolute Gasteiger partial charge is 0.319 e. The number of unbranched alkanes of at least 4 members (excludes halogenated alkanes) is 1. The Morgan fingerprint density at radius 3 is 3.00 bits per heavy atom. The van der Waals surface area contributed by atoms with Gasteiger partial charge in [-0.1, -0.05) is 43.3 Å². The molecule has 3 rings (SSSR count). The van der Waals surface area contributed by atoms with Crippen LogP contribution in [-0.2, 0) is 9.53 Å². The first kappa shape index (κ1) is 15.7. The van der Waals surface area contributed by atoms with Crippen molar-refractivity contribution in [3.63, 3.8) is 0 Å². The van der Waals surface area contributed by atoms with Crippen molar-refractivity contribution in [3.05, 3.63) is 24.3 Å². The highest BCUT2D eigenvalue weighted by atomic mass is 32.2. The fraction of sp³-hybridized carbons (Fsp3) is 0.375. The van der Waals surface area contributed by atoms with Crippen LogP contribution in [0.4, 0.5) is 0 Å². The van der Waals surface area contributed by atoms with Gasteiger partial charge in [-0.15, -0.1) is 10.2 Å². The molecule has 3 aromatic rings. The van der Waals surface area contributed by atoms with E-state index in [0.29, 0.717) is 17.4 Å². The predicted octanol–water partition coefficient (Wildman–Crippen LogP) is 3.33. The molecule has 0 saturated carbocycles. The van der Waals surface area contributed by atoms with Crippen molar-refractivity contribution < 1.29 is 9.53 Å². The lowest BCUT2D eigenvalue weighted by atomic mass is 10.2. The number of carbonyl (C=O) groups is 1. The Morgan fingerprint density at radius 1 is 1.35 bits per heavy atom.